The van der Waals surface area contributed by atoms with Gasteiger partial charge in [-0.3, -0.25) is 4.79 Å². The number of halogens is 1. The zero-order valence-electron chi connectivity index (χ0n) is 14.5. The highest BCUT2D eigenvalue weighted by Gasteiger charge is 2.07. The Morgan fingerprint density at radius 1 is 0.885 bits per heavy atom. The summed E-state index contributed by atoms with van der Waals surface area (Å²) in [6.07, 6.45) is 3.69. The molecule has 0 saturated carbocycles. The van der Waals surface area contributed by atoms with E-state index < -0.39 is 0 Å². The van der Waals surface area contributed by atoms with Gasteiger partial charge in [0.1, 0.15) is 0 Å². The Kier molecular flexibility index (Phi) is 7.06. The number of carbonyl (C=O) groups is 1. The second-order valence-electron chi connectivity index (χ2n) is 5.72. The highest BCUT2D eigenvalue weighted by molar-refractivity contribution is 5.99. The molecule has 0 aliphatic heterocycles. The molecule has 3 aromatic rings. The molecule has 0 unspecified atom stereocenters. The summed E-state index contributed by atoms with van der Waals surface area (Å²) >= 11 is 0. The van der Waals surface area contributed by atoms with Gasteiger partial charge in [0.2, 0.25) is 6.54 Å². The number of rotatable bonds is 5. The molecule has 0 saturated heterocycles. The summed E-state index contributed by atoms with van der Waals surface area (Å²) in [4.78, 5) is 11.9. The van der Waals surface area contributed by atoms with Gasteiger partial charge in [-0.25, -0.2) is 5.43 Å². The number of amides is 1. The Balaban J connectivity index is 0.00000243. The lowest BCUT2D eigenvalue weighted by atomic mass is 10.0. The van der Waals surface area contributed by atoms with Crippen molar-refractivity contribution in [3.8, 4) is 11.1 Å². The first-order valence-corrected chi connectivity index (χ1v) is 8.15. The number of pyridine rings is 1. The number of nitrogens with one attached hydrogen (secondary N) is 1. The molecule has 4 nitrogen and oxygen atoms in total. The quantitative estimate of drug-likeness (QED) is 0.391. The van der Waals surface area contributed by atoms with Crippen molar-refractivity contribution < 1.29 is 21.8 Å². The van der Waals surface area contributed by atoms with Crippen LogP contribution in [-0.2, 0) is 11.3 Å². The zero-order chi connectivity index (χ0) is 17.5. The maximum atomic E-state index is 11.9. The van der Waals surface area contributed by atoms with Gasteiger partial charge >= 0.3 is 5.91 Å². The highest BCUT2D eigenvalue weighted by Crippen LogP contribution is 2.19. The lowest BCUT2D eigenvalue weighted by Crippen LogP contribution is -3.00. The molecule has 0 atom stereocenters. The van der Waals surface area contributed by atoms with Gasteiger partial charge in [-0.2, -0.15) is 9.67 Å². The fourth-order valence-electron chi connectivity index (χ4n) is 2.49. The van der Waals surface area contributed by atoms with E-state index in [4.69, 9.17) is 0 Å². The van der Waals surface area contributed by atoms with Crippen LogP contribution in [-0.4, -0.2) is 11.6 Å². The number of carbonyl (C=O) groups excluding carboxylic acids is 1. The van der Waals surface area contributed by atoms with Crippen LogP contribution in [0.2, 0.25) is 0 Å². The molecule has 1 heterocycles. The minimum absolute atomic E-state index is 0. The molecule has 0 aliphatic carbocycles. The van der Waals surface area contributed by atoms with Crippen molar-refractivity contribution in [2.75, 3.05) is 0 Å². The molecule has 1 aromatic heterocycles. The lowest BCUT2D eigenvalue weighted by molar-refractivity contribution is -0.684. The second-order valence-corrected chi connectivity index (χ2v) is 5.72. The predicted octanol–water partition coefficient (Wildman–Crippen LogP) is 0.185. The van der Waals surface area contributed by atoms with E-state index >= 15 is 0 Å². The van der Waals surface area contributed by atoms with Crippen molar-refractivity contribution in [1.82, 2.24) is 5.43 Å². The number of hydrogen-bond donors (Lipinski definition) is 1. The smallest absolute Gasteiger partial charge is 0.305 e. The maximum absolute atomic E-state index is 11.9. The number of nitrogens with zero attached hydrogens (tertiary/aromatic N) is 2. The van der Waals surface area contributed by atoms with Gasteiger partial charge in [-0.15, -0.1) is 0 Å². The Morgan fingerprint density at radius 3 is 2.12 bits per heavy atom. The molecular formula is C21H20ClN3O. The summed E-state index contributed by atoms with van der Waals surface area (Å²) in [5.41, 5.74) is 6.68. The Hall–Kier alpha value is -2.98. The third-order valence-electron chi connectivity index (χ3n) is 3.86. The summed E-state index contributed by atoms with van der Waals surface area (Å²) in [5, 5.41) is 4.20. The molecule has 0 radical (unpaired) electrons. The van der Waals surface area contributed by atoms with Crippen LogP contribution in [0.1, 0.15) is 12.5 Å². The average molecular weight is 366 g/mol. The second kappa shape index (κ2) is 9.49. The molecule has 0 spiro atoms. The third kappa shape index (κ3) is 5.26. The van der Waals surface area contributed by atoms with Gasteiger partial charge in [-0.1, -0.05) is 60.7 Å². The summed E-state index contributed by atoms with van der Waals surface area (Å²) in [6.45, 7) is 2.12. The zero-order valence-corrected chi connectivity index (χ0v) is 15.2. The van der Waals surface area contributed by atoms with Gasteiger partial charge < -0.3 is 12.4 Å². The van der Waals surface area contributed by atoms with E-state index in [0.29, 0.717) is 0 Å². The standard InChI is InChI=1S/C21H19N3O.ClH/c1-17(22-23-21(25)16-24-14-6-3-7-15-24)18-10-12-20(13-11-18)19-8-4-2-5-9-19;/h2-15H,16H2,1H3;1H/b22-17-;. The molecule has 0 fully saturated rings. The van der Waals surface area contributed by atoms with Crippen molar-refractivity contribution in [3.05, 3.63) is 90.8 Å². The normalized spacial score (nSPS) is 10.7. The van der Waals surface area contributed by atoms with Crippen molar-refractivity contribution >= 4 is 11.6 Å². The SMILES string of the molecule is C/C(=N/NC(=O)C[n+]1ccccc1)c1ccc(-c2ccccc2)cc1.[Cl-]. The van der Waals surface area contributed by atoms with Gasteiger partial charge in [0.25, 0.3) is 0 Å². The molecule has 26 heavy (non-hydrogen) atoms. The molecule has 5 heteroatoms. The van der Waals surface area contributed by atoms with Crippen LogP contribution in [0.5, 0.6) is 0 Å². The summed E-state index contributed by atoms with van der Waals surface area (Å²) in [7, 11) is 0. The molecule has 1 N–H and O–H groups in total. The lowest BCUT2D eigenvalue weighted by Gasteiger charge is -2.05. The summed E-state index contributed by atoms with van der Waals surface area (Å²) < 4.78 is 1.80. The van der Waals surface area contributed by atoms with E-state index in [1.165, 1.54) is 5.56 Å². The van der Waals surface area contributed by atoms with Gasteiger partial charge in [0.05, 0.1) is 5.71 Å². The van der Waals surface area contributed by atoms with Crippen LogP contribution in [0.4, 0.5) is 0 Å². The van der Waals surface area contributed by atoms with Crippen molar-refractivity contribution in [1.29, 1.82) is 0 Å². The molecule has 132 valence electrons. The molecule has 3 rings (SSSR count). The average Bonchev–Trinajstić information content (AvgIpc) is 2.68. The van der Waals surface area contributed by atoms with Crippen LogP contribution in [0.3, 0.4) is 0 Å². The first-order chi connectivity index (χ1) is 12.2. The monoisotopic (exact) mass is 365 g/mol. The first kappa shape index (κ1) is 19.3. The summed E-state index contributed by atoms with van der Waals surface area (Å²) in [6, 6.07) is 24.0. The first-order valence-electron chi connectivity index (χ1n) is 8.15. The number of hydrogen-bond acceptors (Lipinski definition) is 2. The Labute approximate surface area is 159 Å². The van der Waals surface area contributed by atoms with E-state index in [2.05, 4.69) is 34.8 Å². The topological polar surface area (TPSA) is 45.3 Å². The minimum Gasteiger partial charge on any atom is -1.00 e. The number of hydrazone groups is 1. The van der Waals surface area contributed by atoms with Gasteiger partial charge in [0, 0.05) is 12.1 Å². The van der Waals surface area contributed by atoms with Crippen molar-refractivity contribution in [3.63, 3.8) is 0 Å². The van der Waals surface area contributed by atoms with Crippen molar-refractivity contribution in [2.45, 2.75) is 13.5 Å². The van der Waals surface area contributed by atoms with Crippen LogP contribution in [0, 0.1) is 0 Å². The summed E-state index contributed by atoms with van der Waals surface area (Å²) in [5.74, 6) is -0.156. The number of aromatic nitrogens is 1. The third-order valence-corrected chi connectivity index (χ3v) is 3.86. The van der Waals surface area contributed by atoms with Crippen LogP contribution in [0.15, 0.2) is 90.3 Å². The largest absolute Gasteiger partial charge is 1.00 e. The highest BCUT2D eigenvalue weighted by atomic mass is 35.5. The van der Waals surface area contributed by atoms with E-state index in [9.17, 15) is 4.79 Å². The minimum atomic E-state index is -0.156. The van der Waals surface area contributed by atoms with E-state index in [0.717, 1.165) is 16.8 Å². The molecule has 0 bridgehead atoms. The van der Waals surface area contributed by atoms with Crippen LogP contribution >= 0.6 is 0 Å². The predicted molar refractivity (Wildman–Crippen MR) is 98.9 cm³/mol. The van der Waals surface area contributed by atoms with E-state index in [1.54, 1.807) is 4.57 Å². The fraction of sp³-hybridized carbons (Fsp3) is 0.0952. The number of benzene rings is 2. The van der Waals surface area contributed by atoms with Crippen LogP contribution in [0.25, 0.3) is 11.1 Å². The maximum Gasteiger partial charge on any atom is 0.305 e. The fourth-order valence-corrected chi connectivity index (χ4v) is 2.49. The van der Waals surface area contributed by atoms with Gasteiger partial charge in [-0.05, 0) is 23.6 Å². The Bertz CT molecular complexity index is 863. The Morgan fingerprint density at radius 2 is 1.46 bits per heavy atom. The van der Waals surface area contributed by atoms with E-state index in [1.807, 2.05) is 67.8 Å². The molecule has 0 aliphatic rings. The van der Waals surface area contributed by atoms with Crippen LogP contribution < -0.4 is 22.4 Å². The molecular weight excluding hydrogens is 346 g/mol. The molecule has 2 aromatic carbocycles. The van der Waals surface area contributed by atoms with Crippen molar-refractivity contribution in [2.24, 2.45) is 5.10 Å². The molecule has 1 amide bonds. The van der Waals surface area contributed by atoms with Gasteiger partial charge in [0.15, 0.2) is 12.4 Å². The van der Waals surface area contributed by atoms with E-state index in [-0.39, 0.29) is 24.9 Å².